The van der Waals surface area contributed by atoms with E-state index in [2.05, 4.69) is 39.2 Å². The Morgan fingerprint density at radius 1 is 1.47 bits per heavy atom. The minimum absolute atomic E-state index is 0.0763. The fourth-order valence-corrected chi connectivity index (χ4v) is 3.03. The van der Waals surface area contributed by atoms with Crippen LogP contribution in [0.15, 0.2) is 34.2 Å². The number of nitrogens with zero attached hydrogens (tertiary/aromatic N) is 1. The van der Waals surface area contributed by atoms with Gasteiger partial charge < -0.3 is 10.1 Å². The number of nitrogens with one attached hydrogen (secondary N) is 1. The second-order valence-corrected chi connectivity index (χ2v) is 5.99. The van der Waals surface area contributed by atoms with Crippen molar-refractivity contribution in [3.63, 3.8) is 0 Å². The van der Waals surface area contributed by atoms with Crippen molar-refractivity contribution in [2.24, 2.45) is 0 Å². The van der Waals surface area contributed by atoms with Crippen LogP contribution in [-0.4, -0.2) is 18.6 Å². The summed E-state index contributed by atoms with van der Waals surface area (Å²) in [5.41, 5.74) is 1.11. The molecule has 0 aliphatic rings. The van der Waals surface area contributed by atoms with E-state index in [0.717, 1.165) is 33.8 Å². The predicted molar refractivity (Wildman–Crippen MR) is 82.9 cm³/mol. The zero-order chi connectivity index (χ0) is 13.7. The summed E-state index contributed by atoms with van der Waals surface area (Å²) in [6, 6.07) is 6.13. The van der Waals surface area contributed by atoms with Crippen LogP contribution in [0, 0.1) is 0 Å². The van der Waals surface area contributed by atoms with Crippen LogP contribution >= 0.6 is 27.3 Å². The topological polar surface area (TPSA) is 34.2 Å². The quantitative estimate of drug-likeness (QED) is 0.862. The number of hydrogen-bond acceptors (Lipinski definition) is 4. The molecule has 2 rings (SSSR count). The molecule has 1 atom stereocenters. The molecule has 0 saturated carbocycles. The Hall–Kier alpha value is -0.910. The van der Waals surface area contributed by atoms with Crippen LogP contribution in [0.25, 0.3) is 0 Å². The van der Waals surface area contributed by atoms with Crippen molar-refractivity contribution in [2.75, 3.05) is 13.7 Å². The SMILES string of the molecule is CCCNC(c1nccs1)c1cc(Br)ccc1OC. The van der Waals surface area contributed by atoms with Gasteiger partial charge in [0, 0.05) is 21.6 Å². The molecule has 1 heterocycles. The minimum atomic E-state index is 0.0763. The fraction of sp³-hybridized carbons (Fsp3) is 0.357. The van der Waals surface area contributed by atoms with Crippen LogP contribution in [0.1, 0.15) is 30.0 Å². The van der Waals surface area contributed by atoms with Crippen molar-refractivity contribution in [3.05, 3.63) is 44.8 Å². The summed E-state index contributed by atoms with van der Waals surface area (Å²) in [5, 5.41) is 6.60. The molecule has 19 heavy (non-hydrogen) atoms. The summed E-state index contributed by atoms with van der Waals surface area (Å²) >= 11 is 5.18. The van der Waals surface area contributed by atoms with E-state index in [1.807, 2.05) is 23.7 Å². The van der Waals surface area contributed by atoms with Crippen LogP contribution in [0.4, 0.5) is 0 Å². The Kier molecular flexibility index (Phi) is 5.36. The molecule has 0 aliphatic carbocycles. The van der Waals surface area contributed by atoms with Gasteiger partial charge in [-0.1, -0.05) is 22.9 Å². The van der Waals surface area contributed by atoms with Gasteiger partial charge in [-0.3, -0.25) is 0 Å². The number of halogens is 1. The first-order valence-electron chi connectivity index (χ1n) is 6.22. The summed E-state index contributed by atoms with van der Waals surface area (Å²) < 4.78 is 6.52. The van der Waals surface area contributed by atoms with Gasteiger partial charge in [0.15, 0.2) is 0 Å². The molecule has 0 aliphatic heterocycles. The van der Waals surface area contributed by atoms with Gasteiger partial charge in [0.25, 0.3) is 0 Å². The number of methoxy groups -OCH3 is 1. The minimum Gasteiger partial charge on any atom is -0.496 e. The Morgan fingerprint density at radius 2 is 2.32 bits per heavy atom. The van der Waals surface area contributed by atoms with E-state index in [1.165, 1.54) is 0 Å². The zero-order valence-corrected chi connectivity index (χ0v) is 13.4. The highest BCUT2D eigenvalue weighted by Crippen LogP contribution is 2.33. The Bertz CT molecular complexity index is 516. The average molecular weight is 341 g/mol. The monoisotopic (exact) mass is 340 g/mol. The van der Waals surface area contributed by atoms with Gasteiger partial charge in [-0.05, 0) is 31.2 Å². The zero-order valence-electron chi connectivity index (χ0n) is 11.0. The molecular weight excluding hydrogens is 324 g/mol. The first-order chi connectivity index (χ1) is 9.26. The molecule has 102 valence electrons. The summed E-state index contributed by atoms with van der Waals surface area (Å²) in [4.78, 5) is 4.44. The molecule has 2 aromatic rings. The molecule has 1 aromatic heterocycles. The van der Waals surface area contributed by atoms with Crippen molar-refractivity contribution in [1.82, 2.24) is 10.3 Å². The molecule has 0 fully saturated rings. The lowest BCUT2D eigenvalue weighted by atomic mass is 10.1. The number of ether oxygens (including phenoxy) is 1. The highest BCUT2D eigenvalue weighted by atomic mass is 79.9. The van der Waals surface area contributed by atoms with E-state index < -0.39 is 0 Å². The summed E-state index contributed by atoms with van der Waals surface area (Å²) in [7, 11) is 1.70. The third-order valence-electron chi connectivity index (χ3n) is 2.80. The second kappa shape index (κ2) is 7.03. The van der Waals surface area contributed by atoms with Crippen molar-refractivity contribution in [2.45, 2.75) is 19.4 Å². The largest absolute Gasteiger partial charge is 0.496 e. The smallest absolute Gasteiger partial charge is 0.124 e. The first-order valence-corrected chi connectivity index (χ1v) is 7.89. The third kappa shape index (κ3) is 3.55. The van der Waals surface area contributed by atoms with Gasteiger partial charge in [-0.25, -0.2) is 4.98 Å². The van der Waals surface area contributed by atoms with Gasteiger partial charge in [0.1, 0.15) is 10.8 Å². The first kappa shape index (κ1) is 14.5. The van der Waals surface area contributed by atoms with Crippen LogP contribution in [0.2, 0.25) is 0 Å². The highest BCUT2D eigenvalue weighted by Gasteiger charge is 2.20. The third-order valence-corrected chi connectivity index (χ3v) is 4.13. The average Bonchev–Trinajstić information content (AvgIpc) is 2.93. The Balaban J connectivity index is 2.39. The van der Waals surface area contributed by atoms with E-state index in [9.17, 15) is 0 Å². The van der Waals surface area contributed by atoms with Gasteiger partial charge in [0.05, 0.1) is 13.2 Å². The van der Waals surface area contributed by atoms with Crippen molar-refractivity contribution in [1.29, 1.82) is 0 Å². The lowest BCUT2D eigenvalue weighted by Crippen LogP contribution is -2.23. The predicted octanol–water partition coefficient (Wildman–Crippen LogP) is 4.00. The molecule has 1 unspecified atom stereocenters. The standard InChI is InChI=1S/C14H17BrN2OS/c1-3-6-16-13(14-17-7-8-19-14)11-9-10(15)4-5-12(11)18-2/h4-5,7-9,13,16H,3,6H2,1-2H3. The van der Waals surface area contributed by atoms with Crippen molar-refractivity contribution in [3.8, 4) is 5.75 Å². The fourth-order valence-electron chi connectivity index (χ4n) is 1.93. The molecule has 5 heteroatoms. The second-order valence-electron chi connectivity index (χ2n) is 4.14. The van der Waals surface area contributed by atoms with E-state index in [0.29, 0.717) is 0 Å². The molecule has 0 bridgehead atoms. The van der Waals surface area contributed by atoms with E-state index in [4.69, 9.17) is 4.74 Å². The van der Waals surface area contributed by atoms with Gasteiger partial charge >= 0.3 is 0 Å². The maximum Gasteiger partial charge on any atom is 0.124 e. The number of benzene rings is 1. The van der Waals surface area contributed by atoms with E-state index in [1.54, 1.807) is 18.4 Å². The van der Waals surface area contributed by atoms with Gasteiger partial charge in [-0.2, -0.15) is 0 Å². The Morgan fingerprint density at radius 3 is 2.95 bits per heavy atom. The summed E-state index contributed by atoms with van der Waals surface area (Å²) in [6.07, 6.45) is 2.92. The number of aromatic nitrogens is 1. The molecule has 1 N–H and O–H groups in total. The van der Waals surface area contributed by atoms with Gasteiger partial charge in [-0.15, -0.1) is 11.3 Å². The Labute approximate surface area is 126 Å². The molecule has 0 radical (unpaired) electrons. The molecule has 0 saturated heterocycles. The molecule has 0 spiro atoms. The van der Waals surface area contributed by atoms with Crippen molar-refractivity contribution < 1.29 is 4.74 Å². The lowest BCUT2D eigenvalue weighted by Gasteiger charge is -2.19. The molecule has 3 nitrogen and oxygen atoms in total. The van der Waals surface area contributed by atoms with Crippen LogP contribution in [0.3, 0.4) is 0 Å². The highest BCUT2D eigenvalue weighted by molar-refractivity contribution is 9.10. The summed E-state index contributed by atoms with van der Waals surface area (Å²) in [5.74, 6) is 0.881. The van der Waals surface area contributed by atoms with E-state index in [-0.39, 0.29) is 6.04 Å². The molecule has 1 aromatic carbocycles. The number of hydrogen-bond donors (Lipinski definition) is 1. The van der Waals surface area contributed by atoms with E-state index >= 15 is 0 Å². The number of rotatable bonds is 6. The maximum absolute atomic E-state index is 5.48. The van der Waals surface area contributed by atoms with Crippen LogP contribution in [-0.2, 0) is 0 Å². The maximum atomic E-state index is 5.48. The molecular formula is C14H17BrN2OS. The van der Waals surface area contributed by atoms with Gasteiger partial charge in [0.2, 0.25) is 0 Å². The molecule has 0 amide bonds. The lowest BCUT2D eigenvalue weighted by molar-refractivity contribution is 0.403. The van der Waals surface area contributed by atoms with Crippen molar-refractivity contribution >= 4 is 27.3 Å². The van der Waals surface area contributed by atoms with Crippen LogP contribution < -0.4 is 10.1 Å². The normalized spacial score (nSPS) is 12.4. The van der Waals surface area contributed by atoms with Crippen LogP contribution in [0.5, 0.6) is 5.75 Å². The number of thiazole rings is 1. The summed E-state index contributed by atoms with van der Waals surface area (Å²) in [6.45, 7) is 3.10.